The van der Waals surface area contributed by atoms with Crippen LogP contribution in [0.5, 0.6) is 0 Å². The van der Waals surface area contributed by atoms with Crippen LogP contribution in [0, 0.1) is 6.92 Å². The van der Waals surface area contributed by atoms with Gasteiger partial charge in [0.15, 0.2) is 0 Å². The van der Waals surface area contributed by atoms with Crippen LogP contribution in [0.3, 0.4) is 0 Å². The van der Waals surface area contributed by atoms with Gasteiger partial charge in [-0.25, -0.2) is 4.98 Å². The van der Waals surface area contributed by atoms with E-state index in [2.05, 4.69) is 41.4 Å². The number of fused-ring (bicyclic) bond motifs is 1. The zero-order valence-corrected chi connectivity index (χ0v) is 10.2. The molecule has 0 aliphatic heterocycles. The van der Waals surface area contributed by atoms with Crippen LogP contribution in [-0.2, 0) is 0 Å². The Morgan fingerprint density at radius 2 is 1.72 bits per heavy atom. The molecule has 2 heteroatoms. The number of nitrogens with zero attached hydrogens (tertiary/aromatic N) is 1. The lowest BCUT2D eigenvalue weighted by Crippen LogP contribution is -1.94. The lowest BCUT2D eigenvalue weighted by Gasteiger charge is -2.07. The normalized spacial score (nSPS) is 10.7. The van der Waals surface area contributed by atoms with Crippen LogP contribution in [0.15, 0.2) is 54.7 Å². The Balaban J connectivity index is 2.22. The van der Waals surface area contributed by atoms with Crippen molar-refractivity contribution in [2.24, 2.45) is 0 Å². The third kappa shape index (κ3) is 1.82. The number of aryl methyl sites for hydroxylation is 1. The monoisotopic (exact) mass is 234 g/mol. The quantitative estimate of drug-likeness (QED) is 0.695. The summed E-state index contributed by atoms with van der Waals surface area (Å²) in [7, 11) is 0. The molecule has 0 fully saturated rings. The molecule has 0 bridgehead atoms. The van der Waals surface area contributed by atoms with E-state index in [9.17, 15) is 0 Å². The summed E-state index contributed by atoms with van der Waals surface area (Å²) in [5.74, 6) is 0.580. The molecule has 0 radical (unpaired) electrons. The van der Waals surface area contributed by atoms with E-state index in [1.54, 1.807) is 6.20 Å². The summed E-state index contributed by atoms with van der Waals surface area (Å²) in [4.78, 5) is 4.21. The van der Waals surface area contributed by atoms with Crippen LogP contribution in [0.4, 0.5) is 5.82 Å². The van der Waals surface area contributed by atoms with Crippen molar-refractivity contribution in [1.29, 1.82) is 0 Å². The van der Waals surface area contributed by atoms with Gasteiger partial charge in [-0.2, -0.15) is 0 Å². The second-order valence-electron chi connectivity index (χ2n) is 4.51. The molecule has 0 unspecified atom stereocenters. The van der Waals surface area contributed by atoms with E-state index in [-0.39, 0.29) is 0 Å². The van der Waals surface area contributed by atoms with Crippen LogP contribution >= 0.6 is 0 Å². The van der Waals surface area contributed by atoms with Crippen LogP contribution < -0.4 is 5.73 Å². The van der Waals surface area contributed by atoms with E-state index in [0.717, 1.165) is 16.7 Å². The molecule has 2 aromatic carbocycles. The number of pyridine rings is 1. The largest absolute Gasteiger partial charge is 0.383 e. The highest BCUT2D eigenvalue weighted by atomic mass is 14.8. The van der Waals surface area contributed by atoms with Crippen molar-refractivity contribution in [3.63, 3.8) is 0 Å². The minimum Gasteiger partial charge on any atom is -0.383 e. The number of aromatic nitrogens is 1. The number of hydrogen-bond donors (Lipinski definition) is 1. The average Bonchev–Trinajstić information content (AvgIpc) is 2.41. The Morgan fingerprint density at radius 1 is 0.944 bits per heavy atom. The van der Waals surface area contributed by atoms with Gasteiger partial charge in [-0.15, -0.1) is 0 Å². The molecule has 3 rings (SSSR count). The van der Waals surface area contributed by atoms with Crippen molar-refractivity contribution < 1.29 is 0 Å². The SMILES string of the molecule is Cc1cnc(N)c(-c2ccc3ccccc3c2)c1. The molecule has 3 aromatic rings. The van der Waals surface area contributed by atoms with Gasteiger partial charge in [0.1, 0.15) is 5.82 Å². The van der Waals surface area contributed by atoms with Gasteiger partial charge >= 0.3 is 0 Å². The fourth-order valence-electron chi connectivity index (χ4n) is 2.17. The van der Waals surface area contributed by atoms with Crippen molar-refractivity contribution in [3.05, 3.63) is 60.3 Å². The molecule has 2 nitrogen and oxygen atoms in total. The summed E-state index contributed by atoms with van der Waals surface area (Å²) >= 11 is 0. The second-order valence-corrected chi connectivity index (χ2v) is 4.51. The summed E-state index contributed by atoms with van der Waals surface area (Å²) in [5, 5.41) is 2.45. The van der Waals surface area contributed by atoms with Crippen LogP contribution in [0.2, 0.25) is 0 Å². The first-order valence-electron chi connectivity index (χ1n) is 5.95. The summed E-state index contributed by atoms with van der Waals surface area (Å²) in [6, 6.07) is 16.7. The van der Waals surface area contributed by atoms with E-state index in [0.29, 0.717) is 5.82 Å². The van der Waals surface area contributed by atoms with Crippen LogP contribution in [0.1, 0.15) is 5.56 Å². The molecule has 0 aliphatic carbocycles. The Bertz CT molecular complexity index is 717. The molecular formula is C16H14N2. The lowest BCUT2D eigenvalue weighted by atomic mass is 10.0. The maximum Gasteiger partial charge on any atom is 0.131 e. The number of anilines is 1. The van der Waals surface area contributed by atoms with Crippen molar-refractivity contribution in [3.8, 4) is 11.1 Å². The van der Waals surface area contributed by atoms with Gasteiger partial charge in [0.05, 0.1) is 0 Å². The molecule has 1 heterocycles. The number of benzene rings is 2. The highest BCUT2D eigenvalue weighted by Crippen LogP contribution is 2.28. The number of nitrogen functional groups attached to an aromatic ring is 1. The molecule has 0 saturated heterocycles. The fourth-order valence-corrected chi connectivity index (χ4v) is 2.17. The zero-order chi connectivity index (χ0) is 12.5. The topological polar surface area (TPSA) is 38.9 Å². The molecule has 0 aliphatic rings. The van der Waals surface area contributed by atoms with Crippen molar-refractivity contribution in [1.82, 2.24) is 4.98 Å². The van der Waals surface area contributed by atoms with Crippen molar-refractivity contribution in [2.75, 3.05) is 5.73 Å². The Labute approximate surface area is 106 Å². The smallest absolute Gasteiger partial charge is 0.131 e. The van der Waals surface area contributed by atoms with E-state index in [1.165, 1.54) is 10.8 Å². The molecule has 1 aromatic heterocycles. The molecule has 88 valence electrons. The fraction of sp³-hybridized carbons (Fsp3) is 0.0625. The Morgan fingerprint density at radius 3 is 2.56 bits per heavy atom. The minimum atomic E-state index is 0.580. The molecule has 0 atom stereocenters. The Kier molecular flexibility index (Phi) is 2.49. The maximum atomic E-state index is 5.95. The lowest BCUT2D eigenvalue weighted by molar-refractivity contribution is 1.28. The van der Waals surface area contributed by atoms with Gasteiger partial charge in [-0.1, -0.05) is 36.4 Å². The average molecular weight is 234 g/mol. The van der Waals surface area contributed by atoms with E-state index in [4.69, 9.17) is 5.73 Å². The van der Waals surface area contributed by atoms with Crippen LogP contribution in [0.25, 0.3) is 21.9 Å². The van der Waals surface area contributed by atoms with Crippen molar-refractivity contribution >= 4 is 16.6 Å². The van der Waals surface area contributed by atoms with E-state index >= 15 is 0 Å². The first-order chi connectivity index (χ1) is 8.74. The standard InChI is InChI=1S/C16H14N2/c1-11-8-15(16(17)18-10-11)14-7-6-12-4-2-3-5-13(12)9-14/h2-10H,1H3,(H2,17,18). The van der Waals surface area contributed by atoms with Gasteiger partial charge in [0.2, 0.25) is 0 Å². The number of hydrogen-bond acceptors (Lipinski definition) is 2. The third-order valence-electron chi connectivity index (χ3n) is 3.12. The molecule has 2 N–H and O–H groups in total. The zero-order valence-electron chi connectivity index (χ0n) is 10.2. The summed E-state index contributed by atoms with van der Waals surface area (Å²) < 4.78 is 0. The summed E-state index contributed by atoms with van der Waals surface area (Å²) in [6.45, 7) is 2.02. The highest BCUT2D eigenvalue weighted by Gasteiger charge is 2.05. The van der Waals surface area contributed by atoms with E-state index < -0.39 is 0 Å². The van der Waals surface area contributed by atoms with Gasteiger partial charge < -0.3 is 5.73 Å². The maximum absolute atomic E-state index is 5.95. The van der Waals surface area contributed by atoms with Gasteiger partial charge in [0.25, 0.3) is 0 Å². The summed E-state index contributed by atoms with van der Waals surface area (Å²) in [6.07, 6.45) is 1.79. The van der Waals surface area contributed by atoms with Gasteiger partial charge in [-0.3, -0.25) is 0 Å². The summed E-state index contributed by atoms with van der Waals surface area (Å²) in [5.41, 5.74) is 9.19. The molecule has 18 heavy (non-hydrogen) atoms. The predicted molar refractivity (Wildman–Crippen MR) is 76.3 cm³/mol. The first kappa shape index (κ1) is 10.8. The molecule has 0 saturated carbocycles. The number of rotatable bonds is 1. The number of nitrogens with two attached hydrogens (primary N) is 1. The van der Waals surface area contributed by atoms with Gasteiger partial charge in [-0.05, 0) is 41.0 Å². The molecular weight excluding hydrogens is 220 g/mol. The second kappa shape index (κ2) is 4.15. The van der Waals surface area contributed by atoms with Gasteiger partial charge in [0, 0.05) is 11.8 Å². The first-order valence-corrected chi connectivity index (χ1v) is 5.95. The van der Waals surface area contributed by atoms with E-state index in [1.807, 2.05) is 19.1 Å². The predicted octanol–water partition coefficient (Wildman–Crippen LogP) is 3.79. The van der Waals surface area contributed by atoms with Crippen molar-refractivity contribution in [2.45, 2.75) is 6.92 Å². The third-order valence-corrected chi connectivity index (χ3v) is 3.12. The minimum absolute atomic E-state index is 0.580. The Hall–Kier alpha value is -2.35. The highest BCUT2D eigenvalue weighted by molar-refractivity contribution is 5.88. The van der Waals surface area contributed by atoms with Crippen LogP contribution in [-0.4, -0.2) is 4.98 Å². The molecule has 0 amide bonds. The molecule has 0 spiro atoms.